The normalized spacial score (nSPS) is 10.9. The molecule has 0 amide bonds. The lowest BCUT2D eigenvalue weighted by Crippen LogP contribution is -1.99. The number of nitriles is 1. The standard InChI is InChI=1S/C20H17N5S/c1-2-25-19(17-12-22-18-6-4-3-5-16(17)18)23-24-20(25)26-13-15-9-7-14(11-21)8-10-15/h3-10,12,22H,2,13H2,1H3. The lowest BCUT2D eigenvalue weighted by Gasteiger charge is -2.07. The zero-order chi connectivity index (χ0) is 17.9. The van der Waals surface area contributed by atoms with Crippen molar-refractivity contribution in [2.24, 2.45) is 0 Å². The fraction of sp³-hybridized carbons (Fsp3) is 0.150. The third kappa shape index (κ3) is 2.98. The maximum absolute atomic E-state index is 8.89. The summed E-state index contributed by atoms with van der Waals surface area (Å²) < 4.78 is 2.14. The van der Waals surface area contributed by atoms with Crippen LogP contribution in [0.3, 0.4) is 0 Å². The molecule has 2 heterocycles. The number of hydrogen-bond acceptors (Lipinski definition) is 4. The van der Waals surface area contributed by atoms with E-state index in [0.717, 1.165) is 45.3 Å². The van der Waals surface area contributed by atoms with E-state index in [1.54, 1.807) is 11.8 Å². The van der Waals surface area contributed by atoms with E-state index >= 15 is 0 Å². The molecule has 0 aliphatic rings. The van der Waals surface area contributed by atoms with E-state index in [1.165, 1.54) is 0 Å². The second kappa shape index (κ2) is 7.06. The first-order valence-electron chi connectivity index (χ1n) is 8.41. The van der Waals surface area contributed by atoms with E-state index in [4.69, 9.17) is 5.26 Å². The molecular formula is C20H17N5S. The molecule has 128 valence electrons. The number of fused-ring (bicyclic) bond motifs is 1. The van der Waals surface area contributed by atoms with E-state index in [9.17, 15) is 0 Å². The Morgan fingerprint density at radius 3 is 2.69 bits per heavy atom. The molecule has 2 aromatic heterocycles. The molecular weight excluding hydrogens is 342 g/mol. The molecule has 0 fully saturated rings. The van der Waals surface area contributed by atoms with E-state index in [-0.39, 0.29) is 0 Å². The van der Waals surface area contributed by atoms with Crippen LogP contribution in [-0.2, 0) is 12.3 Å². The summed E-state index contributed by atoms with van der Waals surface area (Å²) in [4.78, 5) is 3.30. The van der Waals surface area contributed by atoms with Gasteiger partial charge in [-0.3, -0.25) is 0 Å². The zero-order valence-electron chi connectivity index (χ0n) is 14.3. The van der Waals surface area contributed by atoms with Crippen molar-refractivity contribution < 1.29 is 0 Å². The summed E-state index contributed by atoms with van der Waals surface area (Å²) in [5, 5.41) is 19.8. The van der Waals surface area contributed by atoms with Gasteiger partial charge in [0.05, 0.1) is 11.6 Å². The maximum atomic E-state index is 8.89. The second-order valence-electron chi connectivity index (χ2n) is 5.90. The van der Waals surface area contributed by atoms with Crippen molar-refractivity contribution in [1.29, 1.82) is 5.26 Å². The second-order valence-corrected chi connectivity index (χ2v) is 6.84. The van der Waals surface area contributed by atoms with Gasteiger partial charge in [-0.25, -0.2) is 0 Å². The first-order valence-corrected chi connectivity index (χ1v) is 9.40. The van der Waals surface area contributed by atoms with Crippen LogP contribution >= 0.6 is 11.8 Å². The Bertz CT molecular complexity index is 1090. The van der Waals surface area contributed by atoms with Gasteiger partial charge in [0.1, 0.15) is 0 Å². The van der Waals surface area contributed by atoms with Crippen molar-refractivity contribution in [3.05, 3.63) is 65.9 Å². The van der Waals surface area contributed by atoms with Gasteiger partial charge in [-0.05, 0) is 30.7 Å². The van der Waals surface area contributed by atoms with Gasteiger partial charge in [-0.2, -0.15) is 5.26 Å². The Morgan fingerprint density at radius 2 is 1.92 bits per heavy atom. The highest BCUT2D eigenvalue weighted by molar-refractivity contribution is 7.98. The van der Waals surface area contributed by atoms with Gasteiger partial charge >= 0.3 is 0 Å². The van der Waals surface area contributed by atoms with Crippen LogP contribution in [0.25, 0.3) is 22.3 Å². The third-order valence-corrected chi connectivity index (χ3v) is 5.35. The van der Waals surface area contributed by atoms with E-state index in [1.807, 2.05) is 42.6 Å². The van der Waals surface area contributed by atoms with Gasteiger partial charge in [0.15, 0.2) is 11.0 Å². The lowest BCUT2D eigenvalue weighted by molar-refractivity contribution is 0.687. The molecule has 5 nitrogen and oxygen atoms in total. The molecule has 0 saturated carbocycles. The Balaban J connectivity index is 1.61. The van der Waals surface area contributed by atoms with Crippen molar-refractivity contribution in [3.8, 4) is 17.5 Å². The number of benzene rings is 2. The molecule has 0 spiro atoms. The number of rotatable bonds is 5. The SMILES string of the molecule is CCn1c(SCc2ccc(C#N)cc2)nnc1-c1c[nH]c2ccccc12. The highest BCUT2D eigenvalue weighted by atomic mass is 32.2. The van der Waals surface area contributed by atoms with Crippen LogP contribution < -0.4 is 0 Å². The minimum absolute atomic E-state index is 0.678. The van der Waals surface area contributed by atoms with Gasteiger partial charge in [-0.1, -0.05) is 42.1 Å². The smallest absolute Gasteiger partial charge is 0.191 e. The summed E-state index contributed by atoms with van der Waals surface area (Å²) in [6.07, 6.45) is 2.00. The molecule has 26 heavy (non-hydrogen) atoms. The zero-order valence-corrected chi connectivity index (χ0v) is 15.1. The lowest BCUT2D eigenvalue weighted by atomic mass is 10.1. The van der Waals surface area contributed by atoms with Crippen molar-refractivity contribution in [1.82, 2.24) is 19.7 Å². The van der Waals surface area contributed by atoms with Gasteiger partial charge < -0.3 is 9.55 Å². The molecule has 0 atom stereocenters. The number of aromatic nitrogens is 4. The summed E-state index contributed by atoms with van der Waals surface area (Å²) >= 11 is 1.66. The van der Waals surface area contributed by atoms with E-state index in [0.29, 0.717) is 5.56 Å². The Hall–Kier alpha value is -3.04. The van der Waals surface area contributed by atoms with Gasteiger partial charge in [0.2, 0.25) is 0 Å². The van der Waals surface area contributed by atoms with Gasteiger partial charge in [0.25, 0.3) is 0 Å². The van der Waals surface area contributed by atoms with E-state index in [2.05, 4.69) is 44.9 Å². The number of aromatic amines is 1. The summed E-state index contributed by atoms with van der Waals surface area (Å²) in [5.74, 6) is 1.67. The predicted octanol–water partition coefficient (Wildman–Crippen LogP) is 4.61. The first-order chi connectivity index (χ1) is 12.8. The fourth-order valence-corrected chi connectivity index (χ4v) is 3.92. The van der Waals surface area contributed by atoms with Crippen molar-refractivity contribution in [3.63, 3.8) is 0 Å². The van der Waals surface area contributed by atoms with Crippen molar-refractivity contribution >= 4 is 22.7 Å². The summed E-state index contributed by atoms with van der Waals surface area (Å²) in [7, 11) is 0. The number of nitrogens with one attached hydrogen (secondary N) is 1. The number of H-pyrrole nitrogens is 1. The maximum Gasteiger partial charge on any atom is 0.191 e. The average molecular weight is 359 g/mol. The highest BCUT2D eigenvalue weighted by Crippen LogP contribution is 2.30. The topological polar surface area (TPSA) is 70.3 Å². The van der Waals surface area contributed by atoms with Crippen LogP contribution in [0.4, 0.5) is 0 Å². The Kier molecular flexibility index (Phi) is 4.46. The van der Waals surface area contributed by atoms with Gasteiger partial charge in [0, 0.05) is 35.0 Å². The molecule has 0 saturated heterocycles. The molecule has 0 unspecified atom stereocenters. The minimum Gasteiger partial charge on any atom is -0.360 e. The fourth-order valence-electron chi connectivity index (χ4n) is 2.96. The molecule has 6 heteroatoms. The molecule has 1 N–H and O–H groups in total. The summed E-state index contributed by atoms with van der Waals surface area (Å²) in [5.41, 5.74) is 4.01. The Labute approximate surface area is 155 Å². The Morgan fingerprint density at radius 1 is 1.12 bits per heavy atom. The number of hydrogen-bond donors (Lipinski definition) is 1. The van der Waals surface area contributed by atoms with Gasteiger partial charge in [-0.15, -0.1) is 10.2 Å². The first kappa shape index (κ1) is 16.4. The molecule has 0 aliphatic heterocycles. The molecule has 4 aromatic rings. The van der Waals surface area contributed by atoms with Crippen LogP contribution in [-0.4, -0.2) is 19.7 Å². The predicted molar refractivity (Wildman–Crippen MR) is 104 cm³/mol. The van der Waals surface area contributed by atoms with Crippen molar-refractivity contribution in [2.45, 2.75) is 24.4 Å². The summed E-state index contributed by atoms with van der Waals surface area (Å²) in [6.45, 7) is 2.91. The quantitative estimate of drug-likeness (QED) is 0.528. The minimum atomic E-state index is 0.678. The number of para-hydroxylation sites is 1. The molecule has 2 aromatic carbocycles. The van der Waals surface area contributed by atoms with Crippen LogP contribution in [0.1, 0.15) is 18.1 Å². The monoisotopic (exact) mass is 359 g/mol. The number of nitrogens with zero attached hydrogens (tertiary/aromatic N) is 4. The molecule has 0 aliphatic carbocycles. The largest absolute Gasteiger partial charge is 0.360 e. The third-order valence-electron chi connectivity index (χ3n) is 4.31. The number of thioether (sulfide) groups is 1. The molecule has 4 rings (SSSR count). The van der Waals surface area contributed by atoms with E-state index < -0.39 is 0 Å². The highest BCUT2D eigenvalue weighted by Gasteiger charge is 2.16. The van der Waals surface area contributed by atoms with Crippen molar-refractivity contribution in [2.75, 3.05) is 0 Å². The van der Waals surface area contributed by atoms with Crippen LogP contribution in [0, 0.1) is 11.3 Å². The van der Waals surface area contributed by atoms with Crippen LogP contribution in [0.15, 0.2) is 59.9 Å². The summed E-state index contributed by atoms with van der Waals surface area (Å²) in [6, 6.07) is 18.0. The molecule has 0 radical (unpaired) electrons. The van der Waals surface area contributed by atoms with Crippen LogP contribution in [0.2, 0.25) is 0 Å². The van der Waals surface area contributed by atoms with Crippen LogP contribution in [0.5, 0.6) is 0 Å². The molecule has 0 bridgehead atoms. The average Bonchev–Trinajstić information content (AvgIpc) is 3.30.